The lowest BCUT2D eigenvalue weighted by molar-refractivity contribution is 0.0988. The summed E-state index contributed by atoms with van der Waals surface area (Å²) < 4.78 is 12.8. The highest BCUT2D eigenvalue weighted by Gasteiger charge is 2.34. The first-order valence-electron chi connectivity index (χ1n) is 8.04. The van der Waals surface area contributed by atoms with Gasteiger partial charge in [-0.15, -0.1) is 0 Å². The van der Waals surface area contributed by atoms with Gasteiger partial charge in [-0.2, -0.15) is 5.10 Å². The van der Waals surface area contributed by atoms with Gasteiger partial charge in [0.1, 0.15) is 6.10 Å². The van der Waals surface area contributed by atoms with Crippen LogP contribution < -0.4 is 10.6 Å². The monoisotopic (exact) mass is 333 g/mol. The van der Waals surface area contributed by atoms with Gasteiger partial charge in [0.25, 0.3) is 0 Å². The van der Waals surface area contributed by atoms with Crippen LogP contribution in [0.4, 0.5) is 4.79 Å². The van der Waals surface area contributed by atoms with Crippen molar-refractivity contribution in [3.8, 4) is 0 Å². The zero-order valence-corrected chi connectivity index (χ0v) is 14.4. The third-order valence-electron chi connectivity index (χ3n) is 4.36. The lowest BCUT2D eigenvalue weighted by Crippen LogP contribution is -2.43. The summed E-state index contributed by atoms with van der Waals surface area (Å²) in [5.74, 6) is 0.626. The largest absolute Gasteiger partial charge is 0.371 e. The van der Waals surface area contributed by atoms with Gasteiger partial charge in [-0.25, -0.2) is 4.79 Å². The molecule has 2 atom stereocenters. The number of aromatic nitrogens is 3. The fourth-order valence-corrected chi connectivity index (χ4v) is 3.11. The average molecular weight is 333 g/mol. The summed E-state index contributed by atoms with van der Waals surface area (Å²) in [5, 5.41) is 14.0. The van der Waals surface area contributed by atoms with Crippen molar-refractivity contribution in [2.75, 3.05) is 6.61 Å². The number of amides is 2. The van der Waals surface area contributed by atoms with Gasteiger partial charge in [-0.05, 0) is 27.2 Å². The number of ether oxygens (including phenoxy) is 1. The molecular weight excluding hydrogens is 310 g/mol. The molecule has 3 rings (SSSR count). The Morgan fingerprint density at radius 3 is 2.83 bits per heavy atom. The van der Waals surface area contributed by atoms with E-state index in [4.69, 9.17) is 9.26 Å². The van der Waals surface area contributed by atoms with Gasteiger partial charge < -0.3 is 19.9 Å². The molecule has 2 N–H and O–H groups in total. The second-order valence-corrected chi connectivity index (χ2v) is 6.16. The van der Waals surface area contributed by atoms with Crippen LogP contribution in [0.25, 0.3) is 0 Å². The van der Waals surface area contributed by atoms with Gasteiger partial charge in [-0.1, -0.05) is 5.16 Å². The van der Waals surface area contributed by atoms with E-state index in [-0.39, 0.29) is 18.2 Å². The van der Waals surface area contributed by atoms with E-state index >= 15 is 0 Å². The predicted octanol–water partition coefficient (Wildman–Crippen LogP) is 1.66. The Hall–Kier alpha value is -2.35. The number of urea groups is 1. The van der Waals surface area contributed by atoms with Crippen LogP contribution in [0, 0.1) is 20.8 Å². The highest BCUT2D eigenvalue weighted by Crippen LogP contribution is 2.33. The molecule has 0 aromatic carbocycles. The number of rotatable bonds is 4. The molecule has 2 amide bonds. The number of hydrogen-bond acceptors (Lipinski definition) is 5. The van der Waals surface area contributed by atoms with Crippen molar-refractivity contribution in [2.45, 2.75) is 45.9 Å². The van der Waals surface area contributed by atoms with Crippen molar-refractivity contribution in [1.29, 1.82) is 0 Å². The van der Waals surface area contributed by atoms with Gasteiger partial charge in [-0.3, -0.25) is 4.68 Å². The molecule has 1 aliphatic rings. The van der Waals surface area contributed by atoms with Gasteiger partial charge >= 0.3 is 6.03 Å². The third-order valence-corrected chi connectivity index (χ3v) is 4.36. The van der Waals surface area contributed by atoms with Crippen molar-refractivity contribution in [3.05, 3.63) is 34.5 Å². The Morgan fingerprint density at radius 1 is 1.42 bits per heavy atom. The van der Waals surface area contributed by atoms with E-state index in [1.807, 2.05) is 32.5 Å². The fraction of sp³-hybridized carbons (Fsp3) is 0.562. The van der Waals surface area contributed by atoms with Crippen molar-refractivity contribution < 1.29 is 14.1 Å². The first-order chi connectivity index (χ1) is 11.5. The van der Waals surface area contributed by atoms with E-state index in [0.717, 1.165) is 29.1 Å². The number of carbonyl (C=O) groups is 1. The topological polar surface area (TPSA) is 94.2 Å². The minimum atomic E-state index is -0.247. The van der Waals surface area contributed by atoms with E-state index in [0.29, 0.717) is 18.9 Å². The van der Waals surface area contributed by atoms with Crippen LogP contribution in [0.1, 0.15) is 40.9 Å². The predicted molar refractivity (Wildman–Crippen MR) is 86.4 cm³/mol. The first-order valence-corrected chi connectivity index (χ1v) is 8.04. The molecule has 0 saturated carbocycles. The normalized spacial score (nSPS) is 20.3. The summed E-state index contributed by atoms with van der Waals surface area (Å²) in [7, 11) is 1.91. The van der Waals surface area contributed by atoms with Crippen molar-refractivity contribution in [2.24, 2.45) is 7.05 Å². The Labute approximate surface area is 140 Å². The SMILES string of the molecule is Cc1cc(CNC(=O)N[C@H]2CCO[C@@H]2c2c(C)nn(C)c2C)on1. The molecule has 1 saturated heterocycles. The first kappa shape index (κ1) is 16.5. The molecule has 0 unspecified atom stereocenters. The number of hydrogen-bond donors (Lipinski definition) is 2. The third kappa shape index (κ3) is 3.28. The number of aryl methyl sites for hydroxylation is 3. The van der Waals surface area contributed by atoms with Crippen LogP contribution in [-0.4, -0.2) is 33.6 Å². The summed E-state index contributed by atoms with van der Waals surface area (Å²) in [6, 6.07) is 1.47. The molecule has 0 bridgehead atoms. The Kier molecular flexibility index (Phi) is 4.57. The van der Waals surface area contributed by atoms with Crippen LogP contribution in [0.5, 0.6) is 0 Å². The fourth-order valence-electron chi connectivity index (χ4n) is 3.11. The summed E-state index contributed by atoms with van der Waals surface area (Å²) in [6.45, 7) is 6.74. The van der Waals surface area contributed by atoms with Crippen molar-refractivity contribution >= 4 is 6.03 Å². The smallest absolute Gasteiger partial charge is 0.315 e. The van der Waals surface area contributed by atoms with E-state index < -0.39 is 0 Å². The molecule has 0 spiro atoms. The van der Waals surface area contributed by atoms with E-state index in [1.54, 1.807) is 6.07 Å². The maximum absolute atomic E-state index is 12.2. The molecule has 0 aliphatic carbocycles. The molecule has 0 radical (unpaired) electrons. The zero-order chi connectivity index (χ0) is 17.3. The van der Waals surface area contributed by atoms with Crippen LogP contribution >= 0.6 is 0 Å². The molecule has 8 heteroatoms. The highest BCUT2D eigenvalue weighted by molar-refractivity contribution is 5.74. The summed E-state index contributed by atoms with van der Waals surface area (Å²) >= 11 is 0. The van der Waals surface area contributed by atoms with E-state index in [9.17, 15) is 4.79 Å². The van der Waals surface area contributed by atoms with Crippen molar-refractivity contribution in [1.82, 2.24) is 25.6 Å². The molecule has 2 aromatic rings. The molecule has 2 aromatic heterocycles. The Bertz CT molecular complexity index is 736. The zero-order valence-electron chi connectivity index (χ0n) is 14.4. The lowest BCUT2D eigenvalue weighted by Gasteiger charge is -2.20. The molecule has 1 aliphatic heterocycles. The minimum Gasteiger partial charge on any atom is -0.371 e. The van der Waals surface area contributed by atoms with Crippen LogP contribution in [0.3, 0.4) is 0 Å². The molecule has 8 nitrogen and oxygen atoms in total. The summed E-state index contributed by atoms with van der Waals surface area (Å²) in [6.07, 6.45) is 0.602. The lowest BCUT2D eigenvalue weighted by atomic mass is 10.0. The molecular formula is C16H23N5O3. The molecule has 24 heavy (non-hydrogen) atoms. The molecule has 1 fully saturated rings. The van der Waals surface area contributed by atoms with Gasteiger partial charge in [0.05, 0.1) is 24.0 Å². The second kappa shape index (κ2) is 6.64. The van der Waals surface area contributed by atoms with E-state index in [2.05, 4.69) is 20.9 Å². The second-order valence-electron chi connectivity index (χ2n) is 6.16. The quantitative estimate of drug-likeness (QED) is 0.887. The molecule has 130 valence electrons. The summed E-state index contributed by atoms with van der Waals surface area (Å²) in [5.41, 5.74) is 3.85. The minimum absolute atomic E-state index is 0.0805. The van der Waals surface area contributed by atoms with Gasteiger partial charge in [0.15, 0.2) is 5.76 Å². The van der Waals surface area contributed by atoms with Gasteiger partial charge in [0, 0.05) is 31.0 Å². The van der Waals surface area contributed by atoms with Crippen molar-refractivity contribution in [3.63, 3.8) is 0 Å². The number of nitrogens with zero attached hydrogens (tertiary/aromatic N) is 3. The Morgan fingerprint density at radius 2 is 2.21 bits per heavy atom. The Balaban J connectivity index is 1.62. The van der Waals surface area contributed by atoms with E-state index in [1.165, 1.54) is 0 Å². The van der Waals surface area contributed by atoms with Crippen LogP contribution in [0.2, 0.25) is 0 Å². The maximum Gasteiger partial charge on any atom is 0.315 e. The molecule has 3 heterocycles. The van der Waals surface area contributed by atoms with Crippen LogP contribution in [-0.2, 0) is 18.3 Å². The van der Waals surface area contributed by atoms with Crippen LogP contribution in [0.15, 0.2) is 10.6 Å². The average Bonchev–Trinajstić information content (AvgIpc) is 3.20. The summed E-state index contributed by atoms with van der Waals surface area (Å²) in [4.78, 5) is 12.2. The standard InChI is InChI=1S/C16H23N5O3/c1-9-7-12(24-20-9)8-17-16(22)18-13-5-6-23-15(13)14-10(2)19-21(4)11(14)3/h7,13,15H,5-6,8H2,1-4H3,(H2,17,18,22)/t13-,15-/m0/s1. The highest BCUT2D eigenvalue weighted by atomic mass is 16.5. The number of carbonyl (C=O) groups excluding carboxylic acids is 1. The number of nitrogens with one attached hydrogen (secondary N) is 2. The maximum atomic E-state index is 12.2. The van der Waals surface area contributed by atoms with Gasteiger partial charge in [0.2, 0.25) is 0 Å².